The van der Waals surface area contributed by atoms with E-state index in [1.807, 2.05) is 0 Å². The average molecular weight is 505 g/mol. The molecule has 0 aliphatic rings. The molecule has 0 bridgehead atoms. The maximum absolute atomic E-state index is 6.48. The van der Waals surface area contributed by atoms with E-state index in [4.69, 9.17) is 18.9 Å². The normalized spacial score (nSPS) is 13.3. The first-order valence-corrected chi connectivity index (χ1v) is 18.0. The van der Waals surface area contributed by atoms with Crippen LogP contribution in [0.2, 0.25) is 12.1 Å². The SMILES string of the molecule is CCCCOC(CCC)(OCCCC)[SiH2]CCC[SiH2]C(CCC)(OCCCC)OCCCC. The summed E-state index contributed by atoms with van der Waals surface area (Å²) in [7, 11) is -0.934. The van der Waals surface area contributed by atoms with E-state index in [1.54, 1.807) is 0 Å². The molecule has 0 aliphatic heterocycles. The number of unbranched alkanes of at least 4 members (excludes halogenated alkanes) is 4. The van der Waals surface area contributed by atoms with Crippen molar-refractivity contribution in [2.45, 2.75) is 148 Å². The Morgan fingerprint density at radius 2 is 0.727 bits per heavy atom. The lowest BCUT2D eigenvalue weighted by Gasteiger charge is -2.35. The maximum atomic E-state index is 6.48. The summed E-state index contributed by atoms with van der Waals surface area (Å²) in [5.74, 6) is 0. The third kappa shape index (κ3) is 16.6. The first-order valence-electron chi connectivity index (χ1n) is 14.6. The Hall–Kier alpha value is 0.274. The Labute approximate surface area is 212 Å². The van der Waals surface area contributed by atoms with Crippen molar-refractivity contribution >= 4 is 19.0 Å². The lowest BCUT2D eigenvalue weighted by molar-refractivity contribution is -0.186. The Morgan fingerprint density at radius 1 is 0.424 bits per heavy atom. The second kappa shape index (κ2) is 22.7. The van der Waals surface area contributed by atoms with Gasteiger partial charge in [0, 0.05) is 26.4 Å². The zero-order valence-electron chi connectivity index (χ0n) is 23.5. The molecule has 6 heteroatoms. The second-order valence-electron chi connectivity index (χ2n) is 9.69. The standard InChI is InChI=1S/C27H60O4Si2/c1-7-13-20-28-26(18-11-5,29-21-14-8-2)32-24-17-25-33-27(19-12-6,30-22-15-9-3)31-23-16-10-4/h7-25,32-33H2,1-6H3. The fourth-order valence-electron chi connectivity index (χ4n) is 4.25. The van der Waals surface area contributed by atoms with Gasteiger partial charge in [0.15, 0.2) is 0 Å². The molecule has 33 heavy (non-hydrogen) atoms. The van der Waals surface area contributed by atoms with Crippen LogP contribution >= 0.6 is 0 Å². The monoisotopic (exact) mass is 504 g/mol. The summed E-state index contributed by atoms with van der Waals surface area (Å²) in [4.78, 5) is 0. The molecule has 0 atom stereocenters. The minimum absolute atomic E-state index is 0.240. The molecule has 0 fully saturated rings. The second-order valence-corrected chi connectivity index (χ2v) is 14.3. The summed E-state index contributed by atoms with van der Waals surface area (Å²) in [5.41, 5.74) is -0.479. The highest BCUT2D eigenvalue weighted by atomic mass is 28.2. The molecule has 0 unspecified atom stereocenters. The molecule has 4 nitrogen and oxygen atoms in total. The number of hydrogen-bond acceptors (Lipinski definition) is 4. The van der Waals surface area contributed by atoms with Gasteiger partial charge in [-0.3, -0.25) is 0 Å². The van der Waals surface area contributed by atoms with Crippen LogP contribution in [-0.4, -0.2) is 56.3 Å². The van der Waals surface area contributed by atoms with Crippen LogP contribution in [0.3, 0.4) is 0 Å². The highest BCUT2D eigenvalue weighted by molar-refractivity contribution is 6.41. The van der Waals surface area contributed by atoms with Gasteiger partial charge in [-0.1, -0.05) is 98.6 Å². The predicted molar refractivity (Wildman–Crippen MR) is 150 cm³/mol. The fourth-order valence-corrected chi connectivity index (χ4v) is 9.60. The van der Waals surface area contributed by atoms with Gasteiger partial charge in [-0.2, -0.15) is 0 Å². The lowest BCUT2D eigenvalue weighted by atomic mass is 10.3. The van der Waals surface area contributed by atoms with Gasteiger partial charge in [-0.05, 0) is 38.5 Å². The van der Waals surface area contributed by atoms with E-state index >= 15 is 0 Å². The van der Waals surface area contributed by atoms with Gasteiger partial charge >= 0.3 is 0 Å². The van der Waals surface area contributed by atoms with Crippen molar-refractivity contribution in [3.05, 3.63) is 0 Å². The van der Waals surface area contributed by atoms with Crippen molar-refractivity contribution in [2.24, 2.45) is 0 Å². The smallest absolute Gasteiger partial charge is 0.144 e. The van der Waals surface area contributed by atoms with Gasteiger partial charge in [-0.25, -0.2) is 0 Å². The van der Waals surface area contributed by atoms with Gasteiger partial charge in [0.2, 0.25) is 0 Å². The van der Waals surface area contributed by atoms with Crippen molar-refractivity contribution in [2.75, 3.05) is 26.4 Å². The van der Waals surface area contributed by atoms with Crippen LogP contribution in [0.1, 0.15) is 125 Å². The van der Waals surface area contributed by atoms with Gasteiger partial charge in [0.25, 0.3) is 0 Å². The molecule has 0 heterocycles. The van der Waals surface area contributed by atoms with Gasteiger partial charge in [0.1, 0.15) is 10.8 Å². The molecule has 0 saturated carbocycles. The minimum atomic E-state index is -0.467. The minimum Gasteiger partial charge on any atom is -0.354 e. The first-order chi connectivity index (χ1) is 16.1. The summed E-state index contributed by atoms with van der Waals surface area (Å²) in [6, 6.07) is 2.61. The third-order valence-electron chi connectivity index (χ3n) is 6.33. The molecule has 0 aromatic rings. The van der Waals surface area contributed by atoms with E-state index in [9.17, 15) is 0 Å². The van der Waals surface area contributed by atoms with Crippen LogP contribution in [0.25, 0.3) is 0 Å². The predicted octanol–water partition coefficient (Wildman–Crippen LogP) is 6.73. The molecule has 0 N–H and O–H groups in total. The summed E-state index contributed by atoms with van der Waals surface area (Å²) in [6.07, 6.45) is 14.9. The van der Waals surface area contributed by atoms with Crippen molar-refractivity contribution < 1.29 is 18.9 Å². The Balaban J connectivity index is 4.89. The summed E-state index contributed by atoms with van der Waals surface area (Å²) >= 11 is 0. The highest BCUT2D eigenvalue weighted by Crippen LogP contribution is 2.25. The maximum Gasteiger partial charge on any atom is 0.144 e. The van der Waals surface area contributed by atoms with E-state index in [0.717, 1.165) is 77.8 Å². The van der Waals surface area contributed by atoms with Crippen LogP contribution in [0.5, 0.6) is 0 Å². The zero-order valence-corrected chi connectivity index (χ0v) is 26.3. The molecule has 200 valence electrons. The first kappa shape index (κ1) is 33.3. The van der Waals surface area contributed by atoms with Gasteiger partial charge < -0.3 is 18.9 Å². The largest absolute Gasteiger partial charge is 0.354 e. The van der Waals surface area contributed by atoms with Crippen LogP contribution in [0.15, 0.2) is 0 Å². The molecule has 0 amide bonds. The highest BCUT2D eigenvalue weighted by Gasteiger charge is 2.32. The van der Waals surface area contributed by atoms with Crippen molar-refractivity contribution in [1.29, 1.82) is 0 Å². The number of ether oxygens (including phenoxy) is 4. The van der Waals surface area contributed by atoms with Crippen LogP contribution < -0.4 is 0 Å². The fraction of sp³-hybridized carbons (Fsp3) is 1.00. The van der Waals surface area contributed by atoms with Gasteiger partial charge in [-0.15, -0.1) is 0 Å². The quantitative estimate of drug-likeness (QED) is 0.0744. The van der Waals surface area contributed by atoms with E-state index in [-0.39, 0.29) is 10.8 Å². The Kier molecular flexibility index (Phi) is 22.9. The van der Waals surface area contributed by atoms with Crippen molar-refractivity contribution in [3.63, 3.8) is 0 Å². The Bertz CT molecular complexity index is 354. The number of hydrogen-bond donors (Lipinski definition) is 0. The van der Waals surface area contributed by atoms with Crippen LogP contribution in [0.4, 0.5) is 0 Å². The molecule has 0 aliphatic carbocycles. The molecule has 0 spiro atoms. The summed E-state index contributed by atoms with van der Waals surface area (Å²) in [6.45, 7) is 16.9. The van der Waals surface area contributed by atoms with Crippen molar-refractivity contribution in [1.82, 2.24) is 0 Å². The number of rotatable bonds is 26. The zero-order chi connectivity index (χ0) is 24.7. The van der Waals surface area contributed by atoms with Crippen molar-refractivity contribution in [3.8, 4) is 0 Å². The summed E-state index contributed by atoms with van der Waals surface area (Å²) < 4.78 is 25.9. The molecule has 0 rings (SSSR count). The molecular weight excluding hydrogens is 444 g/mol. The van der Waals surface area contributed by atoms with Gasteiger partial charge in [0.05, 0.1) is 19.0 Å². The Morgan fingerprint density at radius 3 is 0.970 bits per heavy atom. The van der Waals surface area contributed by atoms with E-state index in [2.05, 4.69) is 41.5 Å². The van der Waals surface area contributed by atoms with E-state index < -0.39 is 19.0 Å². The van der Waals surface area contributed by atoms with Crippen LogP contribution in [-0.2, 0) is 18.9 Å². The molecule has 0 aromatic carbocycles. The molecule has 0 aromatic heterocycles. The molecular formula is C27H60O4Si2. The topological polar surface area (TPSA) is 36.9 Å². The van der Waals surface area contributed by atoms with E-state index in [1.165, 1.54) is 44.2 Å². The lowest BCUT2D eigenvalue weighted by Crippen LogP contribution is -2.44. The average Bonchev–Trinajstić information content (AvgIpc) is 2.80. The third-order valence-corrected chi connectivity index (χ3v) is 11.1. The molecule has 0 saturated heterocycles. The summed E-state index contributed by atoms with van der Waals surface area (Å²) in [5, 5.41) is 0. The van der Waals surface area contributed by atoms with Crippen LogP contribution in [0, 0.1) is 0 Å². The van der Waals surface area contributed by atoms with E-state index in [0.29, 0.717) is 0 Å². The molecule has 0 radical (unpaired) electrons.